The first-order valence-corrected chi connectivity index (χ1v) is 7.99. The molecule has 0 aliphatic heterocycles. The van der Waals surface area contributed by atoms with E-state index in [2.05, 4.69) is 10.6 Å². The van der Waals surface area contributed by atoms with Crippen molar-refractivity contribution in [1.82, 2.24) is 10.6 Å². The van der Waals surface area contributed by atoms with Crippen LogP contribution >= 0.6 is 11.3 Å². The summed E-state index contributed by atoms with van der Waals surface area (Å²) in [5.41, 5.74) is 0.281. The van der Waals surface area contributed by atoms with Gasteiger partial charge in [-0.2, -0.15) is 0 Å². The Kier molecular flexibility index (Phi) is 5.95. The number of thiophene rings is 1. The van der Waals surface area contributed by atoms with E-state index < -0.39 is 24.0 Å². The number of hydrogen-bond acceptors (Lipinski definition) is 4. The number of halogens is 1. The lowest BCUT2D eigenvalue weighted by atomic mass is 10.1. The average molecular weight is 338 g/mol. The Labute approximate surface area is 138 Å². The minimum atomic E-state index is -0.765. The molecule has 23 heavy (non-hydrogen) atoms. The third-order valence-corrected chi connectivity index (χ3v) is 4.31. The molecule has 1 heterocycles. The quantitative estimate of drug-likeness (QED) is 0.758. The molecule has 0 aliphatic rings. The van der Waals surface area contributed by atoms with Crippen LogP contribution in [0, 0.1) is 5.82 Å². The number of benzene rings is 1. The molecule has 0 radical (unpaired) electrons. The van der Waals surface area contributed by atoms with Gasteiger partial charge in [-0.25, -0.2) is 9.18 Å². The summed E-state index contributed by atoms with van der Waals surface area (Å²) in [6.45, 7) is 1.74. The van der Waals surface area contributed by atoms with Gasteiger partial charge >= 0.3 is 6.03 Å². The number of methoxy groups -OCH3 is 1. The van der Waals surface area contributed by atoms with Crippen molar-refractivity contribution < 1.29 is 19.0 Å². The lowest BCUT2D eigenvalue weighted by Gasteiger charge is -2.19. The summed E-state index contributed by atoms with van der Waals surface area (Å²) < 4.78 is 19.1. The fourth-order valence-corrected chi connectivity index (χ4v) is 2.92. The van der Waals surface area contributed by atoms with Gasteiger partial charge < -0.3 is 20.5 Å². The third kappa shape index (κ3) is 4.43. The second kappa shape index (κ2) is 7.94. The first-order valence-electron chi connectivity index (χ1n) is 7.11. The molecule has 1 aromatic carbocycles. The van der Waals surface area contributed by atoms with Crippen LogP contribution in [0.4, 0.5) is 9.18 Å². The second-order valence-corrected chi connectivity index (χ2v) is 5.94. The van der Waals surface area contributed by atoms with Crippen molar-refractivity contribution >= 4 is 17.4 Å². The molecule has 2 aromatic rings. The number of aliphatic hydroxyl groups is 1. The van der Waals surface area contributed by atoms with Gasteiger partial charge in [0.05, 0.1) is 25.3 Å². The molecule has 0 aliphatic carbocycles. The Bertz CT molecular complexity index is 649. The first kappa shape index (κ1) is 17.2. The summed E-state index contributed by atoms with van der Waals surface area (Å²) in [6.07, 6.45) is -0.765. The highest BCUT2D eigenvalue weighted by Gasteiger charge is 2.19. The van der Waals surface area contributed by atoms with Crippen molar-refractivity contribution in [2.24, 2.45) is 0 Å². The second-order valence-electron chi connectivity index (χ2n) is 4.96. The first-order chi connectivity index (χ1) is 11.0. The Balaban J connectivity index is 1.92. The Morgan fingerprint density at radius 2 is 2.17 bits per heavy atom. The van der Waals surface area contributed by atoms with Gasteiger partial charge in [-0.1, -0.05) is 12.1 Å². The number of hydrogen-bond donors (Lipinski definition) is 3. The topological polar surface area (TPSA) is 70.6 Å². The van der Waals surface area contributed by atoms with Crippen LogP contribution in [-0.4, -0.2) is 24.8 Å². The molecule has 2 atom stereocenters. The molecule has 0 spiro atoms. The SMILES string of the molecule is COc1cccc(F)c1[C@@H](C)NC(=O)NC[C@H](O)c1cccs1. The van der Waals surface area contributed by atoms with Gasteiger partial charge in [0, 0.05) is 4.88 Å². The van der Waals surface area contributed by atoms with Gasteiger partial charge in [0.2, 0.25) is 0 Å². The molecule has 1 aromatic heterocycles. The zero-order chi connectivity index (χ0) is 16.8. The number of carbonyl (C=O) groups excluding carboxylic acids is 1. The molecule has 0 bridgehead atoms. The zero-order valence-electron chi connectivity index (χ0n) is 12.9. The Morgan fingerprint density at radius 3 is 2.83 bits per heavy atom. The maximum Gasteiger partial charge on any atom is 0.315 e. The van der Waals surface area contributed by atoms with Crippen LogP contribution < -0.4 is 15.4 Å². The van der Waals surface area contributed by atoms with Crippen LogP contribution in [0.3, 0.4) is 0 Å². The Morgan fingerprint density at radius 1 is 1.39 bits per heavy atom. The predicted molar refractivity (Wildman–Crippen MR) is 87.2 cm³/mol. The predicted octanol–water partition coefficient (Wildman–Crippen LogP) is 2.99. The fraction of sp³-hybridized carbons (Fsp3) is 0.312. The van der Waals surface area contributed by atoms with E-state index in [1.54, 1.807) is 25.1 Å². The highest BCUT2D eigenvalue weighted by Crippen LogP contribution is 2.27. The van der Waals surface area contributed by atoms with Gasteiger partial charge in [-0.15, -0.1) is 11.3 Å². The molecule has 0 saturated heterocycles. The molecule has 3 N–H and O–H groups in total. The van der Waals surface area contributed by atoms with Gasteiger partial charge in [0.15, 0.2) is 0 Å². The van der Waals surface area contributed by atoms with E-state index in [4.69, 9.17) is 4.74 Å². The van der Waals surface area contributed by atoms with Crippen LogP contribution in [0.25, 0.3) is 0 Å². The number of ether oxygens (including phenoxy) is 1. The van der Waals surface area contributed by atoms with E-state index >= 15 is 0 Å². The van der Waals surface area contributed by atoms with Crippen LogP contribution in [-0.2, 0) is 0 Å². The number of rotatable bonds is 6. The van der Waals surface area contributed by atoms with Crippen molar-refractivity contribution in [1.29, 1.82) is 0 Å². The molecular weight excluding hydrogens is 319 g/mol. The molecule has 0 fully saturated rings. The summed E-state index contributed by atoms with van der Waals surface area (Å²) in [5.74, 6) is -0.0767. The molecule has 7 heteroatoms. The highest BCUT2D eigenvalue weighted by atomic mass is 32.1. The number of urea groups is 1. The summed E-state index contributed by atoms with van der Waals surface area (Å²) >= 11 is 1.41. The van der Waals surface area contributed by atoms with Crippen LogP contribution in [0.15, 0.2) is 35.7 Å². The summed E-state index contributed by atoms with van der Waals surface area (Å²) in [5, 5.41) is 17.0. The minimum absolute atomic E-state index is 0.0769. The lowest BCUT2D eigenvalue weighted by Crippen LogP contribution is -2.39. The molecule has 124 valence electrons. The molecule has 2 amide bonds. The van der Waals surface area contributed by atoms with Gasteiger partial charge in [0.25, 0.3) is 0 Å². The highest BCUT2D eigenvalue weighted by molar-refractivity contribution is 7.10. The van der Waals surface area contributed by atoms with Crippen molar-refractivity contribution in [3.63, 3.8) is 0 Å². The van der Waals surface area contributed by atoms with E-state index in [1.165, 1.54) is 24.5 Å². The van der Waals surface area contributed by atoms with Gasteiger partial charge in [-0.05, 0) is 30.5 Å². The monoisotopic (exact) mass is 338 g/mol. The Hall–Kier alpha value is -2.12. The maximum absolute atomic E-state index is 13.9. The normalized spacial score (nSPS) is 13.2. The largest absolute Gasteiger partial charge is 0.496 e. The molecule has 5 nitrogen and oxygen atoms in total. The van der Waals surface area contributed by atoms with E-state index in [1.807, 2.05) is 11.4 Å². The van der Waals surface area contributed by atoms with Crippen molar-refractivity contribution in [2.45, 2.75) is 19.1 Å². The van der Waals surface area contributed by atoms with E-state index in [0.717, 1.165) is 4.88 Å². The standard InChI is InChI=1S/C16H19FN2O3S/c1-10(15-11(17)5-3-6-13(15)22-2)19-16(21)18-9-12(20)14-7-4-8-23-14/h3-8,10,12,20H,9H2,1-2H3,(H2,18,19,21)/t10-,12+/m1/s1. The molecule has 0 unspecified atom stereocenters. The summed E-state index contributed by atoms with van der Waals surface area (Å²) in [4.78, 5) is 12.7. The minimum Gasteiger partial charge on any atom is -0.496 e. The molecule has 2 rings (SSSR count). The van der Waals surface area contributed by atoms with E-state index in [9.17, 15) is 14.3 Å². The third-order valence-electron chi connectivity index (χ3n) is 3.34. The maximum atomic E-state index is 13.9. The smallest absolute Gasteiger partial charge is 0.315 e. The van der Waals surface area contributed by atoms with Crippen LogP contribution in [0.2, 0.25) is 0 Å². The van der Waals surface area contributed by atoms with Crippen LogP contribution in [0.5, 0.6) is 5.75 Å². The average Bonchev–Trinajstić information content (AvgIpc) is 3.06. The summed E-state index contributed by atoms with van der Waals surface area (Å²) in [6, 6.07) is 7.05. The number of carbonyl (C=O) groups is 1. The molecule has 0 saturated carbocycles. The van der Waals surface area contributed by atoms with Crippen LogP contribution in [0.1, 0.15) is 29.5 Å². The van der Waals surface area contributed by atoms with Crippen molar-refractivity contribution in [3.8, 4) is 5.75 Å². The lowest BCUT2D eigenvalue weighted by molar-refractivity contribution is 0.176. The summed E-state index contributed by atoms with van der Waals surface area (Å²) in [7, 11) is 1.45. The zero-order valence-corrected chi connectivity index (χ0v) is 13.7. The number of aliphatic hydroxyl groups excluding tert-OH is 1. The van der Waals surface area contributed by atoms with Crippen molar-refractivity contribution in [3.05, 3.63) is 52.0 Å². The van der Waals surface area contributed by atoms with Gasteiger partial charge in [0.1, 0.15) is 17.7 Å². The number of amides is 2. The number of nitrogens with one attached hydrogen (secondary N) is 2. The van der Waals surface area contributed by atoms with E-state index in [0.29, 0.717) is 5.75 Å². The van der Waals surface area contributed by atoms with Crippen molar-refractivity contribution in [2.75, 3.05) is 13.7 Å². The molecular formula is C16H19FN2O3S. The van der Waals surface area contributed by atoms with E-state index in [-0.39, 0.29) is 12.1 Å². The fourth-order valence-electron chi connectivity index (χ4n) is 2.21. The van der Waals surface area contributed by atoms with Gasteiger partial charge in [-0.3, -0.25) is 0 Å².